The number of halogens is 2. The second-order valence-electron chi connectivity index (χ2n) is 5.02. The van der Waals surface area contributed by atoms with Crippen molar-refractivity contribution in [1.29, 1.82) is 0 Å². The highest BCUT2D eigenvalue weighted by Crippen LogP contribution is 2.32. The third kappa shape index (κ3) is 2.53. The molecule has 1 spiro atoms. The highest BCUT2D eigenvalue weighted by Gasteiger charge is 2.41. The molecule has 0 bridgehead atoms. The Hall–Kier alpha value is -1.17. The molecule has 0 N–H and O–H groups in total. The molecule has 2 fully saturated rings. The lowest BCUT2D eigenvalue weighted by molar-refractivity contribution is -0.181. The molecule has 1 aromatic rings. The van der Waals surface area contributed by atoms with Gasteiger partial charge >= 0.3 is 0 Å². The van der Waals surface area contributed by atoms with Gasteiger partial charge in [-0.15, -0.1) is 0 Å². The first-order chi connectivity index (χ1) is 9.60. The number of amides is 1. The van der Waals surface area contributed by atoms with E-state index < -0.39 is 11.6 Å². The third-order valence-corrected chi connectivity index (χ3v) is 4.02. The monoisotopic (exact) mass is 299 g/mol. The predicted molar refractivity (Wildman–Crippen MR) is 71.2 cm³/mol. The smallest absolute Gasteiger partial charge is 0.256 e. The van der Waals surface area contributed by atoms with Crippen LogP contribution in [0.25, 0.3) is 0 Å². The number of piperidine rings is 1. The molecule has 0 radical (unpaired) electrons. The summed E-state index contributed by atoms with van der Waals surface area (Å²) in [7, 11) is 0. The molecule has 2 aliphatic heterocycles. The van der Waals surface area contributed by atoms with Crippen molar-refractivity contribution >= 4 is 17.5 Å². The molecule has 3 rings (SSSR count). The van der Waals surface area contributed by atoms with E-state index in [1.54, 1.807) is 4.90 Å². The van der Waals surface area contributed by atoms with E-state index in [1.807, 2.05) is 0 Å². The van der Waals surface area contributed by atoms with Crippen molar-refractivity contribution in [2.45, 2.75) is 18.6 Å². The second kappa shape index (κ2) is 5.31. The fourth-order valence-corrected chi connectivity index (χ4v) is 2.83. The van der Waals surface area contributed by atoms with Gasteiger partial charge in [0.1, 0.15) is 5.82 Å². The van der Waals surface area contributed by atoms with Gasteiger partial charge in [0.15, 0.2) is 5.79 Å². The van der Waals surface area contributed by atoms with Crippen LogP contribution in [0, 0.1) is 5.82 Å². The van der Waals surface area contributed by atoms with Gasteiger partial charge in [0.05, 0.1) is 18.8 Å². The number of benzene rings is 1. The number of likely N-dealkylation sites (tertiary alicyclic amines) is 1. The Morgan fingerprint density at radius 1 is 1.25 bits per heavy atom. The summed E-state index contributed by atoms with van der Waals surface area (Å²) in [6.07, 6.45) is 1.24. The topological polar surface area (TPSA) is 38.8 Å². The first kappa shape index (κ1) is 13.8. The maximum Gasteiger partial charge on any atom is 0.256 e. The van der Waals surface area contributed by atoms with Crippen LogP contribution < -0.4 is 0 Å². The Balaban J connectivity index is 1.69. The van der Waals surface area contributed by atoms with Gasteiger partial charge < -0.3 is 14.4 Å². The lowest BCUT2D eigenvalue weighted by Crippen LogP contribution is -2.47. The fraction of sp³-hybridized carbons (Fsp3) is 0.500. The van der Waals surface area contributed by atoms with E-state index in [0.29, 0.717) is 39.1 Å². The minimum atomic E-state index is -0.587. The average molecular weight is 300 g/mol. The van der Waals surface area contributed by atoms with Gasteiger partial charge in [0.25, 0.3) is 5.91 Å². The van der Waals surface area contributed by atoms with Gasteiger partial charge in [-0.1, -0.05) is 11.6 Å². The molecular weight excluding hydrogens is 285 g/mol. The van der Waals surface area contributed by atoms with E-state index in [2.05, 4.69) is 0 Å². The number of rotatable bonds is 1. The molecule has 20 heavy (non-hydrogen) atoms. The minimum Gasteiger partial charge on any atom is -0.347 e. The van der Waals surface area contributed by atoms with Crippen LogP contribution in [0.4, 0.5) is 4.39 Å². The first-order valence-corrected chi connectivity index (χ1v) is 7.00. The zero-order valence-electron chi connectivity index (χ0n) is 10.9. The normalized spacial score (nSPS) is 21.4. The standard InChI is InChI=1S/C14H15ClFNO3/c15-10-1-2-11(12(16)9-10)13(18)17-5-3-14(4-6-17)19-7-8-20-14/h1-2,9H,3-8H2. The van der Waals surface area contributed by atoms with E-state index in [4.69, 9.17) is 21.1 Å². The Labute approximate surface area is 121 Å². The van der Waals surface area contributed by atoms with Crippen LogP contribution in [0.2, 0.25) is 5.02 Å². The Bertz CT molecular complexity index is 521. The van der Waals surface area contributed by atoms with E-state index in [9.17, 15) is 9.18 Å². The summed E-state index contributed by atoms with van der Waals surface area (Å²) in [5, 5.41) is 0.282. The van der Waals surface area contributed by atoms with Crippen LogP contribution >= 0.6 is 11.6 Å². The quantitative estimate of drug-likeness (QED) is 0.799. The van der Waals surface area contributed by atoms with Gasteiger partial charge in [0, 0.05) is 31.0 Å². The molecule has 1 amide bonds. The molecule has 4 nitrogen and oxygen atoms in total. The summed E-state index contributed by atoms with van der Waals surface area (Å²) < 4.78 is 25.0. The molecule has 2 saturated heterocycles. The Kier molecular flexibility index (Phi) is 3.67. The molecule has 6 heteroatoms. The van der Waals surface area contributed by atoms with Crippen molar-refractivity contribution in [2.75, 3.05) is 26.3 Å². The average Bonchev–Trinajstić information content (AvgIpc) is 2.87. The molecule has 1 aromatic carbocycles. The molecule has 0 unspecified atom stereocenters. The minimum absolute atomic E-state index is 0.0543. The predicted octanol–water partition coefficient (Wildman–Crippen LogP) is 2.46. The van der Waals surface area contributed by atoms with Crippen molar-refractivity contribution in [3.05, 3.63) is 34.6 Å². The fourth-order valence-electron chi connectivity index (χ4n) is 2.67. The van der Waals surface area contributed by atoms with Crippen LogP contribution in [-0.4, -0.2) is 42.9 Å². The third-order valence-electron chi connectivity index (χ3n) is 3.79. The van der Waals surface area contributed by atoms with E-state index in [-0.39, 0.29) is 16.5 Å². The Morgan fingerprint density at radius 2 is 1.90 bits per heavy atom. The van der Waals surface area contributed by atoms with Crippen molar-refractivity contribution in [1.82, 2.24) is 4.90 Å². The lowest BCUT2D eigenvalue weighted by Gasteiger charge is -2.37. The Morgan fingerprint density at radius 3 is 2.50 bits per heavy atom. The van der Waals surface area contributed by atoms with Crippen molar-refractivity contribution in [2.24, 2.45) is 0 Å². The number of ether oxygens (including phenoxy) is 2. The second-order valence-corrected chi connectivity index (χ2v) is 5.46. The summed E-state index contributed by atoms with van der Waals surface area (Å²) in [6.45, 7) is 2.20. The molecular formula is C14H15ClFNO3. The van der Waals surface area contributed by atoms with E-state index in [1.165, 1.54) is 12.1 Å². The maximum absolute atomic E-state index is 13.8. The van der Waals surface area contributed by atoms with Crippen LogP contribution in [-0.2, 0) is 9.47 Å². The van der Waals surface area contributed by atoms with Crippen molar-refractivity contribution in [3.8, 4) is 0 Å². The molecule has 0 saturated carbocycles. The number of hydrogen-bond donors (Lipinski definition) is 0. The van der Waals surface area contributed by atoms with Crippen LogP contribution in [0.15, 0.2) is 18.2 Å². The highest BCUT2D eigenvalue weighted by molar-refractivity contribution is 6.30. The summed E-state index contributed by atoms with van der Waals surface area (Å²) in [6, 6.07) is 4.10. The van der Waals surface area contributed by atoms with Gasteiger partial charge in [-0.05, 0) is 18.2 Å². The molecule has 2 aliphatic rings. The molecule has 2 heterocycles. The van der Waals surface area contributed by atoms with E-state index in [0.717, 1.165) is 6.07 Å². The number of carbonyl (C=O) groups excluding carboxylic acids is 1. The summed E-state index contributed by atoms with van der Waals surface area (Å²) in [5.74, 6) is -1.43. The van der Waals surface area contributed by atoms with Gasteiger partial charge in [-0.2, -0.15) is 0 Å². The van der Waals surface area contributed by atoms with Crippen molar-refractivity contribution in [3.63, 3.8) is 0 Å². The molecule has 108 valence electrons. The lowest BCUT2D eigenvalue weighted by atomic mass is 10.0. The van der Waals surface area contributed by atoms with Crippen LogP contribution in [0.5, 0.6) is 0 Å². The van der Waals surface area contributed by atoms with Crippen LogP contribution in [0.3, 0.4) is 0 Å². The van der Waals surface area contributed by atoms with Crippen LogP contribution in [0.1, 0.15) is 23.2 Å². The largest absolute Gasteiger partial charge is 0.347 e. The molecule has 0 atom stereocenters. The van der Waals surface area contributed by atoms with Gasteiger partial charge in [-0.25, -0.2) is 4.39 Å². The number of carbonyl (C=O) groups is 1. The zero-order valence-corrected chi connectivity index (χ0v) is 11.7. The SMILES string of the molecule is O=C(c1ccc(Cl)cc1F)N1CCC2(CC1)OCCO2. The van der Waals surface area contributed by atoms with Gasteiger partial charge in [-0.3, -0.25) is 4.79 Å². The molecule has 0 aromatic heterocycles. The highest BCUT2D eigenvalue weighted by atomic mass is 35.5. The number of nitrogens with zero attached hydrogens (tertiary/aromatic N) is 1. The summed E-state index contributed by atoms with van der Waals surface area (Å²) in [4.78, 5) is 13.9. The van der Waals surface area contributed by atoms with Gasteiger partial charge in [0.2, 0.25) is 0 Å². The summed E-state index contributed by atoms with van der Waals surface area (Å²) in [5.41, 5.74) is 0.0543. The summed E-state index contributed by atoms with van der Waals surface area (Å²) >= 11 is 5.69. The number of hydrogen-bond acceptors (Lipinski definition) is 3. The maximum atomic E-state index is 13.8. The first-order valence-electron chi connectivity index (χ1n) is 6.62. The van der Waals surface area contributed by atoms with E-state index >= 15 is 0 Å². The van der Waals surface area contributed by atoms with Crippen molar-refractivity contribution < 1.29 is 18.7 Å². The molecule has 0 aliphatic carbocycles. The zero-order chi connectivity index (χ0) is 14.2.